The molecule has 0 aliphatic rings. The molecule has 1 heterocycles. The van der Waals surface area contributed by atoms with Gasteiger partial charge in [0.2, 0.25) is 15.9 Å². The number of nitrogens with zero attached hydrogens (tertiary/aromatic N) is 1. The molecule has 1 N–H and O–H groups in total. The number of halogens is 2. The topological polar surface area (TPSA) is 86.8 Å². The van der Waals surface area contributed by atoms with E-state index in [1.54, 1.807) is 18.2 Å². The molecule has 0 aliphatic heterocycles. The Kier molecular flexibility index (Phi) is 6.91. The molecule has 158 valence electrons. The fourth-order valence-electron chi connectivity index (χ4n) is 2.52. The second-order valence-corrected chi connectivity index (χ2v) is 8.62. The van der Waals surface area contributed by atoms with Crippen molar-refractivity contribution in [2.45, 2.75) is 11.4 Å². The average molecular weight is 497 g/mol. The summed E-state index contributed by atoms with van der Waals surface area (Å²) in [4.78, 5) is 4.13. The second-order valence-electron chi connectivity index (χ2n) is 6.03. The molecular formula is C20H18BrFN2O5S. The van der Waals surface area contributed by atoms with Crippen molar-refractivity contribution >= 4 is 26.0 Å². The lowest BCUT2D eigenvalue weighted by Gasteiger charge is -2.13. The highest BCUT2D eigenvalue weighted by atomic mass is 79.9. The number of hydrogen-bond donors (Lipinski definition) is 1. The molecule has 0 radical (unpaired) electrons. The number of aromatic nitrogens is 1. The molecule has 3 aromatic rings. The summed E-state index contributed by atoms with van der Waals surface area (Å²) in [6.45, 7) is 0.0103. The smallest absolute Gasteiger partial charge is 0.242 e. The molecule has 0 unspecified atom stereocenters. The molecule has 1 aromatic heterocycles. The normalized spacial score (nSPS) is 11.2. The highest BCUT2D eigenvalue weighted by Gasteiger charge is 2.21. The Hall–Kier alpha value is -2.69. The third-order valence-electron chi connectivity index (χ3n) is 4.01. The van der Waals surface area contributed by atoms with E-state index in [1.165, 1.54) is 50.7 Å². The molecule has 7 nitrogen and oxygen atoms in total. The standard InChI is InChI=1S/C20H18BrFN2O5S/c1-27-17-9-16(21)19(10-18(17)28-2)30(25,26)24-12-13-6-7-20(23-11-13)29-15-5-3-4-14(22)8-15/h3-11,24H,12H2,1-2H3. The lowest BCUT2D eigenvalue weighted by molar-refractivity contribution is 0.353. The first-order valence-corrected chi connectivity index (χ1v) is 10.9. The summed E-state index contributed by atoms with van der Waals surface area (Å²) in [6.07, 6.45) is 1.47. The molecule has 3 rings (SSSR count). The minimum Gasteiger partial charge on any atom is -0.493 e. The maximum atomic E-state index is 13.2. The summed E-state index contributed by atoms with van der Waals surface area (Å²) in [5.74, 6) is 0.854. The molecule has 10 heteroatoms. The lowest BCUT2D eigenvalue weighted by atomic mass is 10.3. The Bertz CT molecular complexity index is 1140. The quantitative estimate of drug-likeness (QED) is 0.501. The van der Waals surface area contributed by atoms with Gasteiger partial charge in [0.1, 0.15) is 16.5 Å². The number of ether oxygens (including phenoxy) is 3. The largest absolute Gasteiger partial charge is 0.493 e. The van der Waals surface area contributed by atoms with E-state index >= 15 is 0 Å². The van der Waals surface area contributed by atoms with Gasteiger partial charge in [0, 0.05) is 35.4 Å². The average Bonchev–Trinajstić information content (AvgIpc) is 2.73. The first-order chi connectivity index (χ1) is 14.3. The van der Waals surface area contributed by atoms with Crippen molar-refractivity contribution < 1.29 is 27.0 Å². The van der Waals surface area contributed by atoms with Crippen LogP contribution in [-0.2, 0) is 16.6 Å². The highest BCUT2D eigenvalue weighted by Crippen LogP contribution is 2.35. The van der Waals surface area contributed by atoms with Gasteiger partial charge in [-0.15, -0.1) is 0 Å². The monoisotopic (exact) mass is 496 g/mol. The van der Waals surface area contributed by atoms with Crippen molar-refractivity contribution in [1.29, 1.82) is 0 Å². The van der Waals surface area contributed by atoms with E-state index in [9.17, 15) is 12.8 Å². The zero-order valence-corrected chi connectivity index (χ0v) is 18.5. The van der Waals surface area contributed by atoms with E-state index in [2.05, 4.69) is 25.6 Å². The number of sulfonamides is 1. The van der Waals surface area contributed by atoms with Crippen LogP contribution < -0.4 is 18.9 Å². The van der Waals surface area contributed by atoms with Crippen LogP contribution in [0.2, 0.25) is 0 Å². The number of hydrogen-bond acceptors (Lipinski definition) is 6. The third-order valence-corrected chi connectivity index (χ3v) is 6.37. The van der Waals surface area contributed by atoms with Gasteiger partial charge in [0.25, 0.3) is 0 Å². The van der Waals surface area contributed by atoms with Crippen LogP contribution in [0.5, 0.6) is 23.1 Å². The van der Waals surface area contributed by atoms with Crippen molar-refractivity contribution in [2.24, 2.45) is 0 Å². The Balaban J connectivity index is 1.70. The maximum Gasteiger partial charge on any atom is 0.242 e. The molecule has 2 aromatic carbocycles. The predicted octanol–water partition coefficient (Wildman–Crippen LogP) is 4.27. The zero-order valence-electron chi connectivity index (χ0n) is 16.1. The summed E-state index contributed by atoms with van der Waals surface area (Å²) in [7, 11) is -0.954. The molecule has 30 heavy (non-hydrogen) atoms. The fourth-order valence-corrected chi connectivity index (χ4v) is 4.58. The minimum absolute atomic E-state index is 0.0103. The van der Waals surface area contributed by atoms with E-state index in [0.717, 1.165) is 0 Å². The molecule has 0 saturated heterocycles. The Morgan fingerprint density at radius 2 is 1.80 bits per heavy atom. The molecule has 0 bridgehead atoms. The van der Waals surface area contributed by atoms with Gasteiger partial charge in [-0.1, -0.05) is 12.1 Å². The second kappa shape index (κ2) is 9.41. The van der Waals surface area contributed by atoms with Gasteiger partial charge in [-0.2, -0.15) is 0 Å². The molecule has 0 aliphatic carbocycles. The molecule has 0 saturated carbocycles. The van der Waals surface area contributed by atoms with Crippen molar-refractivity contribution in [2.75, 3.05) is 14.2 Å². The van der Waals surface area contributed by atoms with Crippen LogP contribution in [0.25, 0.3) is 0 Å². The molecule has 0 spiro atoms. The van der Waals surface area contributed by atoms with Crippen molar-refractivity contribution in [3.63, 3.8) is 0 Å². The van der Waals surface area contributed by atoms with Crippen LogP contribution in [-0.4, -0.2) is 27.6 Å². The van der Waals surface area contributed by atoms with E-state index in [-0.39, 0.29) is 17.3 Å². The van der Waals surface area contributed by atoms with Crippen LogP contribution in [0.3, 0.4) is 0 Å². The number of rotatable bonds is 8. The number of nitrogens with one attached hydrogen (secondary N) is 1. The van der Waals surface area contributed by atoms with Gasteiger partial charge in [-0.3, -0.25) is 0 Å². The third kappa shape index (κ3) is 5.26. The minimum atomic E-state index is -3.84. The number of benzene rings is 2. The first kappa shape index (κ1) is 22.0. The number of methoxy groups -OCH3 is 2. The van der Waals surface area contributed by atoms with E-state index in [4.69, 9.17) is 14.2 Å². The highest BCUT2D eigenvalue weighted by molar-refractivity contribution is 9.10. The predicted molar refractivity (Wildman–Crippen MR) is 112 cm³/mol. The molecule has 0 fully saturated rings. The first-order valence-electron chi connectivity index (χ1n) is 8.62. The van der Waals surface area contributed by atoms with Crippen LogP contribution >= 0.6 is 15.9 Å². The van der Waals surface area contributed by atoms with Gasteiger partial charge >= 0.3 is 0 Å². The van der Waals surface area contributed by atoms with Crippen molar-refractivity contribution in [3.05, 3.63) is 70.6 Å². The van der Waals surface area contributed by atoms with E-state index < -0.39 is 15.8 Å². The van der Waals surface area contributed by atoms with Gasteiger partial charge in [0.05, 0.1) is 14.2 Å². The lowest BCUT2D eigenvalue weighted by Crippen LogP contribution is -2.23. The summed E-state index contributed by atoms with van der Waals surface area (Å²) >= 11 is 3.25. The van der Waals surface area contributed by atoms with Gasteiger partial charge in [0.15, 0.2) is 11.5 Å². The van der Waals surface area contributed by atoms with Crippen molar-refractivity contribution in [3.8, 4) is 23.1 Å². The Morgan fingerprint density at radius 1 is 1.07 bits per heavy atom. The summed E-state index contributed by atoms with van der Waals surface area (Å²) in [6, 6.07) is 11.8. The SMILES string of the molecule is COc1cc(Br)c(S(=O)(=O)NCc2ccc(Oc3cccc(F)c3)nc2)cc1OC. The van der Waals surface area contributed by atoms with Crippen molar-refractivity contribution in [1.82, 2.24) is 9.71 Å². The maximum absolute atomic E-state index is 13.2. The van der Waals surface area contributed by atoms with Gasteiger partial charge in [-0.05, 0) is 39.7 Å². The van der Waals surface area contributed by atoms with E-state index in [0.29, 0.717) is 27.3 Å². The van der Waals surface area contributed by atoms with Crippen LogP contribution in [0.1, 0.15) is 5.56 Å². The van der Waals surface area contributed by atoms with Gasteiger partial charge in [-0.25, -0.2) is 22.5 Å². The summed E-state index contributed by atoms with van der Waals surface area (Å²) in [5.41, 5.74) is 0.613. The molecular weight excluding hydrogens is 479 g/mol. The zero-order chi connectivity index (χ0) is 21.7. The van der Waals surface area contributed by atoms with E-state index in [1.807, 2.05) is 0 Å². The Labute approximate surface area is 182 Å². The fraction of sp³-hybridized carbons (Fsp3) is 0.150. The summed E-state index contributed by atoms with van der Waals surface area (Å²) < 4.78 is 57.3. The number of pyridine rings is 1. The van der Waals surface area contributed by atoms with Crippen LogP contribution in [0.4, 0.5) is 4.39 Å². The van der Waals surface area contributed by atoms with Crippen LogP contribution in [0, 0.1) is 5.82 Å². The summed E-state index contributed by atoms with van der Waals surface area (Å²) in [5, 5.41) is 0. The van der Waals surface area contributed by atoms with Gasteiger partial charge < -0.3 is 14.2 Å². The molecule has 0 amide bonds. The molecule has 0 atom stereocenters. The van der Waals surface area contributed by atoms with Crippen LogP contribution in [0.15, 0.2) is 64.1 Å². The Morgan fingerprint density at radius 3 is 2.43 bits per heavy atom.